The topological polar surface area (TPSA) is 108 Å². The highest BCUT2D eigenvalue weighted by molar-refractivity contribution is 5.93. The van der Waals surface area contributed by atoms with E-state index in [1.165, 1.54) is 0 Å². The molecule has 1 fully saturated rings. The lowest BCUT2D eigenvalue weighted by Gasteiger charge is -2.39. The average Bonchev–Trinajstić information content (AvgIpc) is 3.13. The predicted octanol–water partition coefficient (Wildman–Crippen LogP) is 0.625. The first-order valence-corrected chi connectivity index (χ1v) is 8.27. The van der Waals surface area contributed by atoms with Gasteiger partial charge in [-0.05, 0) is 39.5 Å². The molecular formula is C16H20N6O2. The first-order chi connectivity index (χ1) is 11.5. The summed E-state index contributed by atoms with van der Waals surface area (Å²) in [6, 6.07) is 0. The van der Waals surface area contributed by atoms with E-state index in [4.69, 9.17) is 0 Å². The molecule has 3 heterocycles. The van der Waals surface area contributed by atoms with E-state index in [0.29, 0.717) is 30.3 Å². The minimum Gasteiger partial charge on any atom is -0.337 e. The van der Waals surface area contributed by atoms with Crippen molar-refractivity contribution < 1.29 is 4.79 Å². The number of aromatic nitrogens is 5. The molecule has 1 spiro atoms. The third kappa shape index (κ3) is 2.16. The van der Waals surface area contributed by atoms with E-state index in [9.17, 15) is 9.59 Å². The number of nitrogens with zero attached hydrogens (tertiary/aromatic N) is 4. The van der Waals surface area contributed by atoms with Crippen LogP contribution < -0.4 is 5.56 Å². The largest absolute Gasteiger partial charge is 0.337 e. The summed E-state index contributed by atoms with van der Waals surface area (Å²) in [5.74, 6) is 0.584. The van der Waals surface area contributed by atoms with E-state index in [2.05, 4.69) is 25.4 Å². The first kappa shape index (κ1) is 15.0. The van der Waals surface area contributed by atoms with Crippen molar-refractivity contribution in [3.8, 4) is 0 Å². The van der Waals surface area contributed by atoms with Gasteiger partial charge in [-0.15, -0.1) is 0 Å². The second kappa shape index (κ2) is 5.25. The molecule has 8 heteroatoms. The Bertz CT molecular complexity index is 860. The maximum Gasteiger partial charge on any atom is 0.276 e. The number of hydrogen-bond acceptors (Lipinski definition) is 5. The quantitative estimate of drug-likeness (QED) is 0.798. The predicted molar refractivity (Wildman–Crippen MR) is 85.9 cm³/mol. The van der Waals surface area contributed by atoms with Gasteiger partial charge < -0.3 is 9.88 Å². The van der Waals surface area contributed by atoms with Crippen molar-refractivity contribution in [3.05, 3.63) is 38.8 Å². The molecule has 2 N–H and O–H groups in total. The highest BCUT2D eigenvalue weighted by Crippen LogP contribution is 2.44. The number of carbonyl (C=O) groups is 1. The molecule has 126 valence electrons. The molecule has 1 aliphatic carbocycles. The molecule has 0 saturated carbocycles. The van der Waals surface area contributed by atoms with Gasteiger partial charge in [0.05, 0.1) is 11.4 Å². The van der Waals surface area contributed by atoms with Crippen LogP contribution in [0.5, 0.6) is 0 Å². The smallest absolute Gasteiger partial charge is 0.276 e. The van der Waals surface area contributed by atoms with Crippen molar-refractivity contribution in [2.75, 3.05) is 13.1 Å². The van der Waals surface area contributed by atoms with Crippen molar-refractivity contribution in [1.29, 1.82) is 0 Å². The zero-order valence-corrected chi connectivity index (χ0v) is 13.8. The maximum atomic E-state index is 12.6. The number of fused-ring (bicyclic) bond motifs is 2. The highest BCUT2D eigenvalue weighted by Gasteiger charge is 2.44. The second-order valence-corrected chi connectivity index (χ2v) is 6.81. The van der Waals surface area contributed by atoms with Gasteiger partial charge in [-0.3, -0.25) is 9.59 Å². The van der Waals surface area contributed by atoms with Crippen LogP contribution in [-0.2, 0) is 11.8 Å². The third-order valence-corrected chi connectivity index (χ3v) is 5.42. The van der Waals surface area contributed by atoms with Crippen LogP contribution in [0.3, 0.4) is 0 Å². The molecule has 0 aromatic carbocycles. The van der Waals surface area contributed by atoms with E-state index in [1.54, 1.807) is 6.92 Å². The van der Waals surface area contributed by atoms with Crippen LogP contribution in [0.15, 0.2) is 4.79 Å². The van der Waals surface area contributed by atoms with Gasteiger partial charge in [-0.1, -0.05) is 0 Å². The average molecular weight is 328 g/mol. The summed E-state index contributed by atoms with van der Waals surface area (Å²) in [5.41, 5.74) is 2.72. The van der Waals surface area contributed by atoms with Crippen LogP contribution in [0.4, 0.5) is 0 Å². The number of carbonyl (C=O) groups excluding carboxylic acids is 1. The fourth-order valence-electron chi connectivity index (χ4n) is 4.02. The Labute approximate surface area is 138 Å². The fourth-order valence-corrected chi connectivity index (χ4v) is 4.02. The van der Waals surface area contributed by atoms with E-state index in [-0.39, 0.29) is 16.9 Å². The maximum absolute atomic E-state index is 12.6. The molecular weight excluding hydrogens is 308 g/mol. The monoisotopic (exact) mass is 328 g/mol. The van der Waals surface area contributed by atoms with Crippen LogP contribution >= 0.6 is 0 Å². The summed E-state index contributed by atoms with van der Waals surface area (Å²) in [5, 5.41) is 10.4. The minimum atomic E-state index is -0.0793. The van der Waals surface area contributed by atoms with Crippen LogP contribution in [0, 0.1) is 13.8 Å². The van der Waals surface area contributed by atoms with Crippen molar-refractivity contribution in [3.63, 3.8) is 0 Å². The zero-order chi connectivity index (χ0) is 16.9. The first-order valence-electron chi connectivity index (χ1n) is 8.27. The van der Waals surface area contributed by atoms with E-state index in [1.807, 2.05) is 11.8 Å². The van der Waals surface area contributed by atoms with Gasteiger partial charge in [0, 0.05) is 24.1 Å². The van der Waals surface area contributed by atoms with Gasteiger partial charge in [-0.25, -0.2) is 4.98 Å². The Morgan fingerprint density at radius 2 is 1.92 bits per heavy atom. The number of aromatic amines is 2. The Hall–Kier alpha value is -2.51. The summed E-state index contributed by atoms with van der Waals surface area (Å²) >= 11 is 0. The lowest BCUT2D eigenvalue weighted by Crippen LogP contribution is -2.45. The molecule has 1 saturated heterocycles. The molecule has 0 atom stereocenters. The molecule has 1 amide bonds. The molecule has 0 radical (unpaired) electrons. The van der Waals surface area contributed by atoms with Crippen LogP contribution in [0.25, 0.3) is 0 Å². The third-order valence-electron chi connectivity index (χ3n) is 5.42. The summed E-state index contributed by atoms with van der Waals surface area (Å²) in [4.78, 5) is 34.0. The molecule has 2 aromatic rings. The lowest BCUT2D eigenvalue weighted by molar-refractivity contribution is 0.0656. The number of likely N-dealkylation sites (tertiary alicyclic amines) is 1. The van der Waals surface area contributed by atoms with Crippen molar-refractivity contribution in [2.45, 2.75) is 44.9 Å². The molecule has 0 unspecified atom stereocenters. The van der Waals surface area contributed by atoms with Gasteiger partial charge in [0.2, 0.25) is 0 Å². The molecule has 24 heavy (non-hydrogen) atoms. The summed E-state index contributed by atoms with van der Waals surface area (Å²) in [7, 11) is 0. The molecule has 8 nitrogen and oxygen atoms in total. The Balaban J connectivity index is 1.57. The van der Waals surface area contributed by atoms with Crippen molar-refractivity contribution in [1.82, 2.24) is 30.3 Å². The van der Waals surface area contributed by atoms with Gasteiger partial charge in [-0.2, -0.15) is 15.4 Å². The van der Waals surface area contributed by atoms with Crippen molar-refractivity contribution >= 4 is 5.91 Å². The Morgan fingerprint density at radius 3 is 2.58 bits per heavy atom. The fraction of sp³-hybridized carbons (Fsp3) is 0.562. The zero-order valence-electron chi connectivity index (χ0n) is 13.8. The van der Waals surface area contributed by atoms with Gasteiger partial charge in [0.25, 0.3) is 11.5 Å². The number of rotatable bonds is 1. The molecule has 2 aromatic heterocycles. The van der Waals surface area contributed by atoms with E-state index in [0.717, 1.165) is 36.9 Å². The van der Waals surface area contributed by atoms with Gasteiger partial charge >= 0.3 is 0 Å². The number of amides is 1. The van der Waals surface area contributed by atoms with Crippen LogP contribution in [-0.4, -0.2) is 49.3 Å². The summed E-state index contributed by atoms with van der Waals surface area (Å²) in [6.45, 7) is 4.89. The number of aryl methyl sites for hydroxylation is 2. The second-order valence-electron chi connectivity index (χ2n) is 6.81. The lowest BCUT2D eigenvalue weighted by atomic mass is 9.76. The normalized spacial score (nSPS) is 18.8. The number of hydrogen-bond donors (Lipinski definition) is 2. The van der Waals surface area contributed by atoms with Crippen LogP contribution in [0.2, 0.25) is 0 Å². The number of nitrogens with one attached hydrogen (secondary N) is 2. The van der Waals surface area contributed by atoms with Gasteiger partial charge in [0.15, 0.2) is 5.69 Å². The Morgan fingerprint density at radius 1 is 1.17 bits per heavy atom. The number of piperidine rings is 1. The minimum absolute atomic E-state index is 0.00824. The summed E-state index contributed by atoms with van der Waals surface area (Å²) < 4.78 is 0. The van der Waals surface area contributed by atoms with E-state index >= 15 is 0 Å². The Kier molecular flexibility index (Phi) is 3.29. The standard InChI is InChI=1S/C16H20N6O2/c1-9-12(20-21-19-9)15(24)22-7-5-16(6-8-22)4-3-11-13(16)17-10(2)18-14(11)23/h3-8H2,1-2H3,(H,17,18,23)(H,19,20,21). The SMILES string of the molecule is Cc1nc2c(c(=O)[nH]1)CCC21CCN(C(=O)c2n[nH]nc2C)CC1. The molecule has 0 bridgehead atoms. The summed E-state index contributed by atoms with van der Waals surface area (Å²) in [6.07, 6.45) is 3.37. The highest BCUT2D eigenvalue weighted by atomic mass is 16.2. The van der Waals surface area contributed by atoms with E-state index < -0.39 is 0 Å². The number of H-pyrrole nitrogens is 2. The molecule has 1 aliphatic heterocycles. The van der Waals surface area contributed by atoms with Gasteiger partial charge in [0.1, 0.15) is 5.82 Å². The van der Waals surface area contributed by atoms with Crippen LogP contribution in [0.1, 0.15) is 52.5 Å². The molecule has 2 aliphatic rings. The van der Waals surface area contributed by atoms with Crippen molar-refractivity contribution in [2.24, 2.45) is 0 Å². The molecule has 4 rings (SSSR count).